The molecule has 0 unspecified atom stereocenters. The van der Waals surface area contributed by atoms with Crippen molar-refractivity contribution in [3.8, 4) is 6.07 Å². The highest BCUT2D eigenvalue weighted by molar-refractivity contribution is 8.00. The van der Waals surface area contributed by atoms with Crippen LogP contribution in [0.15, 0.2) is 59.8 Å². The summed E-state index contributed by atoms with van der Waals surface area (Å²) in [5.41, 5.74) is 4.33. The number of rotatable bonds is 6. The molecule has 0 aliphatic carbocycles. The van der Waals surface area contributed by atoms with Gasteiger partial charge in [-0.05, 0) is 37.6 Å². The number of aromatic nitrogens is 2. The molecule has 0 aliphatic rings. The number of nitrogens with zero attached hydrogens (tertiary/aromatic N) is 2. The number of benzene rings is 2. The first-order valence-corrected chi connectivity index (χ1v) is 9.50. The van der Waals surface area contributed by atoms with Gasteiger partial charge in [0.2, 0.25) is 5.91 Å². The maximum Gasteiger partial charge on any atom is 0.237 e. The predicted molar refractivity (Wildman–Crippen MR) is 108 cm³/mol. The Morgan fingerprint density at radius 1 is 1.26 bits per heavy atom. The minimum Gasteiger partial charge on any atom is -0.337 e. The molecule has 0 bridgehead atoms. The fourth-order valence-electron chi connectivity index (χ4n) is 2.62. The van der Waals surface area contributed by atoms with Crippen LogP contribution >= 0.6 is 11.8 Å². The van der Waals surface area contributed by atoms with Gasteiger partial charge >= 0.3 is 0 Å². The summed E-state index contributed by atoms with van der Waals surface area (Å²) < 4.78 is 0. The molecule has 27 heavy (non-hydrogen) atoms. The van der Waals surface area contributed by atoms with Crippen molar-refractivity contribution in [3.63, 3.8) is 0 Å². The highest BCUT2D eigenvalue weighted by atomic mass is 32.2. The topological polar surface area (TPSA) is 81.6 Å². The zero-order valence-electron chi connectivity index (χ0n) is 15.2. The number of imidazole rings is 1. The lowest BCUT2D eigenvalue weighted by atomic mass is 10.1. The van der Waals surface area contributed by atoms with E-state index in [1.165, 1.54) is 17.3 Å². The summed E-state index contributed by atoms with van der Waals surface area (Å²) in [5, 5.41) is 12.2. The predicted octanol–water partition coefficient (Wildman–Crippen LogP) is 4.30. The van der Waals surface area contributed by atoms with Crippen molar-refractivity contribution in [3.05, 3.63) is 77.1 Å². The number of carbonyl (C=O) groups is 1. The van der Waals surface area contributed by atoms with Gasteiger partial charge < -0.3 is 10.3 Å². The number of nitriles is 1. The van der Waals surface area contributed by atoms with Gasteiger partial charge in [-0.2, -0.15) is 5.26 Å². The van der Waals surface area contributed by atoms with Crippen molar-refractivity contribution in [2.75, 3.05) is 5.32 Å². The SMILES string of the molecule is Cc1[nH]c(S[C@H](C)C(=O)Nc2cccc(C#N)c2)nc1Cc1ccccc1. The number of hydrogen-bond donors (Lipinski definition) is 2. The van der Waals surface area contributed by atoms with E-state index in [0.29, 0.717) is 11.3 Å². The Hall–Kier alpha value is -3.04. The van der Waals surface area contributed by atoms with Crippen molar-refractivity contribution in [1.82, 2.24) is 9.97 Å². The van der Waals surface area contributed by atoms with E-state index in [0.717, 1.165) is 23.0 Å². The van der Waals surface area contributed by atoms with Crippen molar-refractivity contribution in [2.45, 2.75) is 30.7 Å². The van der Waals surface area contributed by atoms with E-state index in [1.807, 2.05) is 32.0 Å². The molecule has 3 aromatic rings. The Balaban J connectivity index is 1.63. The van der Waals surface area contributed by atoms with Crippen molar-refractivity contribution in [1.29, 1.82) is 5.26 Å². The average Bonchev–Trinajstić information content (AvgIpc) is 3.01. The number of carbonyl (C=O) groups excluding carboxylic acids is 1. The molecule has 5 nitrogen and oxygen atoms in total. The fraction of sp³-hybridized carbons (Fsp3) is 0.190. The molecule has 1 amide bonds. The Kier molecular flexibility index (Phi) is 5.94. The maximum absolute atomic E-state index is 12.4. The van der Waals surface area contributed by atoms with Gasteiger partial charge in [0.25, 0.3) is 0 Å². The number of H-pyrrole nitrogens is 1. The number of nitrogens with one attached hydrogen (secondary N) is 2. The van der Waals surface area contributed by atoms with E-state index < -0.39 is 0 Å². The Labute approximate surface area is 162 Å². The Morgan fingerprint density at radius 2 is 2.04 bits per heavy atom. The molecule has 6 heteroatoms. The molecule has 1 atom stereocenters. The quantitative estimate of drug-likeness (QED) is 0.629. The Morgan fingerprint density at radius 3 is 2.78 bits per heavy atom. The van der Waals surface area contributed by atoms with Crippen LogP contribution < -0.4 is 5.32 Å². The van der Waals surface area contributed by atoms with Crippen LogP contribution in [-0.4, -0.2) is 21.1 Å². The monoisotopic (exact) mass is 376 g/mol. The van der Waals surface area contributed by atoms with Crippen molar-refractivity contribution < 1.29 is 4.79 Å². The lowest BCUT2D eigenvalue weighted by molar-refractivity contribution is -0.115. The van der Waals surface area contributed by atoms with Gasteiger partial charge in [0, 0.05) is 17.8 Å². The minimum atomic E-state index is -0.328. The molecular formula is C21H20N4OS. The lowest BCUT2D eigenvalue weighted by Crippen LogP contribution is -2.22. The van der Waals surface area contributed by atoms with Crippen LogP contribution in [0.4, 0.5) is 5.69 Å². The van der Waals surface area contributed by atoms with Gasteiger partial charge in [-0.15, -0.1) is 0 Å². The van der Waals surface area contributed by atoms with Crippen LogP contribution in [0.5, 0.6) is 0 Å². The summed E-state index contributed by atoms with van der Waals surface area (Å²) >= 11 is 1.38. The maximum atomic E-state index is 12.4. The largest absolute Gasteiger partial charge is 0.337 e. The summed E-state index contributed by atoms with van der Waals surface area (Å²) in [4.78, 5) is 20.4. The summed E-state index contributed by atoms with van der Waals surface area (Å²) in [6.45, 7) is 3.83. The lowest BCUT2D eigenvalue weighted by Gasteiger charge is -2.10. The molecule has 2 aromatic carbocycles. The molecule has 0 aliphatic heterocycles. The second kappa shape index (κ2) is 8.56. The van der Waals surface area contributed by atoms with E-state index in [4.69, 9.17) is 5.26 Å². The van der Waals surface area contributed by atoms with E-state index in [-0.39, 0.29) is 11.2 Å². The molecule has 1 heterocycles. The normalized spacial score (nSPS) is 11.6. The van der Waals surface area contributed by atoms with Gasteiger partial charge in [-0.25, -0.2) is 4.98 Å². The molecule has 1 aromatic heterocycles. The minimum absolute atomic E-state index is 0.131. The number of aryl methyl sites for hydroxylation is 1. The molecule has 136 valence electrons. The standard InChI is InChI=1S/C21H20N4OS/c1-14-19(12-16-7-4-3-5-8-16)25-21(23-14)27-15(2)20(26)24-18-10-6-9-17(11-18)13-22/h3-11,15H,12H2,1-2H3,(H,23,25)(H,24,26)/t15-/m1/s1. The van der Waals surface area contributed by atoms with Gasteiger partial charge in [-0.1, -0.05) is 48.2 Å². The van der Waals surface area contributed by atoms with Crippen LogP contribution in [0.25, 0.3) is 0 Å². The number of anilines is 1. The number of thioether (sulfide) groups is 1. The van der Waals surface area contributed by atoms with Gasteiger partial charge in [-0.3, -0.25) is 4.79 Å². The average molecular weight is 376 g/mol. The third-order valence-electron chi connectivity index (χ3n) is 4.10. The second-order valence-corrected chi connectivity index (χ2v) is 7.55. The van der Waals surface area contributed by atoms with Gasteiger partial charge in [0.15, 0.2) is 5.16 Å². The molecule has 3 rings (SSSR count). The van der Waals surface area contributed by atoms with Crippen LogP contribution in [0.3, 0.4) is 0 Å². The number of aromatic amines is 1. The third kappa shape index (κ3) is 4.99. The zero-order valence-corrected chi connectivity index (χ0v) is 16.0. The first-order valence-electron chi connectivity index (χ1n) is 8.62. The van der Waals surface area contributed by atoms with E-state index in [2.05, 4.69) is 33.5 Å². The summed E-state index contributed by atoms with van der Waals surface area (Å²) in [5.74, 6) is -0.131. The zero-order chi connectivity index (χ0) is 19.2. The van der Waals surface area contributed by atoms with Crippen LogP contribution in [0.1, 0.15) is 29.4 Å². The second-order valence-electron chi connectivity index (χ2n) is 6.22. The van der Waals surface area contributed by atoms with Crippen LogP contribution in [-0.2, 0) is 11.2 Å². The summed E-state index contributed by atoms with van der Waals surface area (Å²) in [6.07, 6.45) is 0.755. The van der Waals surface area contributed by atoms with Crippen LogP contribution in [0, 0.1) is 18.3 Å². The smallest absolute Gasteiger partial charge is 0.237 e. The molecule has 0 saturated carbocycles. The van der Waals surface area contributed by atoms with Gasteiger partial charge in [0.1, 0.15) is 0 Å². The number of hydrogen-bond acceptors (Lipinski definition) is 4. The van der Waals surface area contributed by atoms with E-state index in [1.54, 1.807) is 24.3 Å². The first kappa shape index (κ1) is 18.7. The fourth-order valence-corrected chi connectivity index (χ4v) is 3.49. The highest BCUT2D eigenvalue weighted by Gasteiger charge is 2.18. The molecular weight excluding hydrogens is 356 g/mol. The van der Waals surface area contributed by atoms with E-state index >= 15 is 0 Å². The number of amides is 1. The molecule has 0 radical (unpaired) electrons. The van der Waals surface area contributed by atoms with Crippen LogP contribution in [0.2, 0.25) is 0 Å². The van der Waals surface area contributed by atoms with E-state index in [9.17, 15) is 4.79 Å². The Bertz CT molecular complexity index is 975. The summed E-state index contributed by atoms with van der Waals surface area (Å²) in [6, 6.07) is 19.1. The first-order chi connectivity index (χ1) is 13.0. The molecule has 0 fully saturated rings. The molecule has 0 spiro atoms. The van der Waals surface area contributed by atoms with Gasteiger partial charge in [0.05, 0.1) is 22.6 Å². The summed E-state index contributed by atoms with van der Waals surface area (Å²) in [7, 11) is 0. The van der Waals surface area contributed by atoms with Crippen molar-refractivity contribution in [2.24, 2.45) is 0 Å². The van der Waals surface area contributed by atoms with Crippen molar-refractivity contribution >= 4 is 23.4 Å². The highest BCUT2D eigenvalue weighted by Crippen LogP contribution is 2.24. The third-order valence-corrected chi connectivity index (χ3v) is 5.08. The molecule has 0 saturated heterocycles. The molecule has 2 N–H and O–H groups in total.